The molecule has 0 saturated carbocycles. The molecule has 24 heavy (non-hydrogen) atoms. The van der Waals surface area contributed by atoms with Gasteiger partial charge < -0.3 is 9.80 Å². The van der Waals surface area contributed by atoms with Crippen LogP contribution >= 0.6 is 11.8 Å². The van der Waals surface area contributed by atoms with Crippen LogP contribution in [0, 0.1) is 0 Å². The molecule has 2 N–H and O–H groups in total. The molecule has 1 aromatic carbocycles. The van der Waals surface area contributed by atoms with Gasteiger partial charge in [0.15, 0.2) is 0 Å². The summed E-state index contributed by atoms with van der Waals surface area (Å²) in [5.74, 6) is 0.0350. The molecular weight excluding hydrogens is 328 g/mol. The number of nitrogens with one attached hydrogen (secondary N) is 2. The van der Waals surface area contributed by atoms with Gasteiger partial charge in [-0.2, -0.15) is 0 Å². The highest BCUT2D eigenvalue weighted by atomic mass is 32.2. The third-order valence-electron chi connectivity index (χ3n) is 4.06. The summed E-state index contributed by atoms with van der Waals surface area (Å²) in [4.78, 5) is 38.8. The normalized spacial score (nSPS) is 16.8. The van der Waals surface area contributed by atoms with Crippen LogP contribution in [0.1, 0.15) is 12.0 Å². The number of anilines is 1. The summed E-state index contributed by atoms with van der Waals surface area (Å²) in [6.45, 7) is 1.54. The van der Waals surface area contributed by atoms with E-state index in [1.807, 2.05) is 23.1 Å². The third-order valence-corrected chi connectivity index (χ3v) is 4.95. The number of fused-ring (bicyclic) bond motifs is 1. The molecule has 1 fully saturated rings. The lowest BCUT2D eigenvalue weighted by Crippen LogP contribution is -2.50. The van der Waals surface area contributed by atoms with Crippen molar-refractivity contribution in [3.05, 3.63) is 29.8 Å². The van der Waals surface area contributed by atoms with E-state index < -0.39 is 5.91 Å². The lowest BCUT2D eigenvalue weighted by Gasteiger charge is -2.30. The van der Waals surface area contributed by atoms with Crippen molar-refractivity contribution in [1.82, 2.24) is 15.8 Å². The molecule has 3 rings (SSSR count). The zero-order chi connectivity index (χ0) is 16.9. The van der Waals surface area contributed by atoms with Gasteiger partial charge in [0, 0.05) is 24.5 Å². The fourth-order valence-corrected chi connectivity index (χ4v) is 3.73. The van der Waals surface area contributed by atoms with Gasteiger partial charge in [-0.3, -0.25) is 25.2 Å². The molecule has 1 aromatic rings. The van der Waals surface area contributed by atoms with Gasteiger partial charge in [-0.15, -0.1) is 0 Å². The van der Waals surface area contributed by atoms with E-state index in [2.05, 4.69) is 16.9 Å². The first kappa shape index (κ1) is 16.6. The van der Waals surface area contributed by atoms with E-state index in [4.69, 9.17) is 0 Å². The van der Waals surface area contributed by atoms with Gasteiger partial charge in [0.05, 0.1) is 6.54 Å². The first-order valence-electron chi connectivity index (χ1n) is 7.96. The molecular formula is C16H20N4O3S. The Kier molecular flexibility index (Phi) is 5.24. The van der Waals surface area contributed by atoms with Gasteiger partial charge in [0.2, 0.25) is 0 Å². The Hall–Kier alpha value is -2.22. The maximum absolute atomic E-state index is 12.1. The molecule has 8 heteroatoms. The minimum atomic E-state index is -0.391. The third kappa shape index (κ3) is 4.00. The second kappa shape index (κ2) is 7.57. The number of thioether (sulfide) groups is 1. The summed E-state index contributed by atoms with van der Waals surface area (Å²) in [6, 6.07) is 8.05. The molecule has 0 radical (unpaired) electrons. The van der Waals surface area contributed by atoms with Gasteiger partial charge in [-0.25, -0.2) is 0 Å². The Morgan fingerprint density at radius 1 is 1.04 bits per heavy atom. The number of carbonyl (C=O) groups excluding carboxylic acids is 3. The average molecular weight is 348 g/mol. The quantitative estimate of drug-likeness (QED) is 0.785. The molecule has 7 nitrogen and oxygen atoms in total. The summed E-state index contributed by atoms with van der Waals surface area (Å²) in [7, 11) is 0. The molecule has 2 aliphatic heterocycles. The van der Waals surface area contributed by atoms with E-state index in [0.717, 1.165) is 25.1 Å². The molecule has 2 heterocycles. The molecule has 0 atom stereocenters. The number of hydrogen-bond donors (Lipinski definition) is 2. The number of hydrazine groups is 1. The van der Waals surface area contributed by atoms with E-state index >= 15 is 0 Å². The largest absolute Gasteiger partial charge is 0.362 e. The highest BCUT2D eigenvalue weighted by Gasteiger charge is 2.23. The minimum absolute atomic E-state index is 0.0291. The molecule has 0 unspecified atom stereocenters. The zero-order valence-corrected chi connectivity index (χ0v) is 14.1. The maximum atomic E-state index is 12.1. The van der Waals surface area contributed by atoms with Gasteiger partial charge in [-0.05, 0) is 24.5 Å². The number of carbonyl (C=O) groups is 3. The highest BCUT2D eigenvalue weighted by molar-refractivity contribution is 8.13. The number of hydrogen-bond acceptors (Lipinski definition) is 5. The number of aryl methyl sites for hydroxylation is 1. The van der Waals surface area contributed by atoms with Crippen LogP contribution in [0.5, 0.6) is 0 Å². The van der Waals surface area contributed by atoms with Crippen molar-refractivity contribution in [2.45, 2.75) is 12.8 Å². The first-order chi connectivity index (χ1) is 11.6. The smallest absolute Gasteiger partial charge is 0.282 e. The Morgan fingerprint density at radius 3 is 2.46 bits per heavy atom. The Morgan fingerprint density at radius 2 is 1.75 bits per heavy atom. The van der Waals surface area contributed by atoms with Crippen LogP contribution in [-0.4, -0.2) is 53.9 Å². The van der Waals surface area contributed by atoms with E-state index in [1.165, 1.54) is 22.2 Å². The number of para-hydroxylation sites is 1. The van der Waals surface area contributed by atoms with Crippen molar-refractivity contribution >= 4 is 34.5 Å². The predicted molar refractivity (Wildman–Crippen MR) is 92.7 cm³/mol. The standard InChI is InChI=1S/C16H20N4O3S/c21-14(17-18-15(22)11-20-8-9-24-16(20)23)10-19-7-3-5-12-4-1-2-6-13(12)19/h1-2,4,6H,3,5,7-11H2,(H,17,21)(H,18,22). The number of amides is 3. The molecule has 0 bridgehead atoms. The molecule has 0 aromatic heterocycles. The van der Waals surface area contributed by atoms with Crippen LogP contribution in [0.3, 0.4) is 0 Å². The predicted octanol–water partition coefficient (Wildman–Crippen LogP) is 0.755. The molecule has 1 saturated heterocycles. The van der Waals surface area contributed by atoms with Crippen molar-refractivity contribution in [3.8, 4) is 0 Å². The summed E-state index contributed by atoms with van der Waals surface area (Å²) < 4.78 is 0. The van der Waals surface area contributed by atoms with E-state index in [-0.39, 0.29) is 24.2 Å². The topological polar surface area (TPSA) is 81.8 Å². The number of benzene rings is 1. The second-order valence-electron chi connectivity index (χ2n) is 5.79. The average Bonchev–Trinajstić information content (AvgIpc) is 2.98. The molecule has 0 spiro atoms. The van der Waals surface area contributed by atoms with Crippen LogP contribution in [-0.2, 0) is 16.0 Å². The van der Waals surface area contributed by atoms with Crippen LogP contribution < -0.4 is 15.8 Å². The molecule has 3 amide bonds. The molecule has 2 aliphatic rings. The van der Waals surface area contributed by atoms with Crippen molar-refractivity contribution in [1.29, 1.82) is 0 Å². The SMILES string of the molecule is O=C(CN1CCSC1=O)NNC(=O)CN1CCCc2ccccc21. The van der Waals surface area contributed by atoms with Crippen molar-refractivity contribution in [2.75, 3.05) is 36.8 Å². The minimum Gasteiger partial charge on any atom is -0.362 e. The van der Waals surface area contributed by atoms with Crippen LogP contribution in [0.15, 0.2) is 24.3 Å². The second-order valence-corrected chi connectivity index (χ2v) is 6.83. The van der Waals surface area contributed by atoms with Gasteiger partial charge in [-0.1, -0.05) is 30.0 Å². The van der Waals surface area contributed by atoms with E-state index in [1.54, 1.807) is 0 Å². The van der Waals surface area contributed by atoms with Gasteiger partial charge >= 0.3 is 0 Å². The molecule has 0 aliphatic carbocycles. The fourth-order valence-electron chi connectivity index (χ4n) is 2.91. The Labute approximate surface area is 144 Å². The molecule has 128 valence electrons. The van der Waals surface area contributed by atoms with Crippen molar-refractivity contribution < 1.29 is 14.4 Å². The lowest BCUT2D eigenvalue weighted by molar-refractivity contribution is -0.128. The van der Waals surface area contributed by atoms with Crippen LogP contribution in [0.4, 0.5) is 10.5 Å². The number of rotatable bonds is 4. The monoisotopic (exact) mass is 348 g/mol. The number of nitrogens with zero attached hydrogens (tertiary/aromatic N) is 2. The summed E-state index contributed by atoms with van der Waals surface area (Å²) in [5.41, 5.74) is 7.11. The maximum Gasteiger partial charge on any atom is 0.282 e. The Balaban J connectivity index is 1.46. The fraction of sp³-hybridized carbons (Fsp3) is 0.438. The van der Waals surface area contributed by atoms with Crippen molar-refractivity contribution in [3.63, 3.8) is 0 Å². The van der Waals surface area contributed by atoms with Crippen LogP contribution in [0.25, 0.3) is 0 Å². The zero-order valence-electron chi connectivity index (χ0n) is 13.3. The van der Waals surface area contributed by atoms with Gasteiger partial charge in [0.1, 0.15) is 6.54 Å². The summed E-state index contributed by atoms with van der Waals surface area (Å²) in [5, 5.41) is -0.0959. The van der Waals surface area contributed by atoms with E-state index in [0.29, 0.717) is 12.3 Å². The lowest BCUT2D eigenvalue weighted by atomic mass is 10.0. The van der Waals surface area contributed by atoms with Gasteiger partial charge in [0.25, 0.3) is 17.1 Å². The first-order valence-corrected chi connectivity index (χ1v) is 8.94. The summed E-state index contributed by atoms with van der Waals surface area (Å²) in [6.07, 6.45) is 2.03. The van der Waals surface area contributed by atoms with E-state index in [9.17, 15) is 14.4 Å². The van der Waals surface area contributed by atoms with Crippen molar-refractivity contribution in [2.24, 2.45) is 0 Å². The highest BCUT2D eigenvalue weighted by Crippen LogP contribution is 2.26. The Bertz CT molecular complexity index is 652. The van der Waals surface area contributed by atoms with Crippen LogP contribution in [0.2, 0.25) is 0 Å². The summed E-state index contributed by atoms with van der Waals surface area (Å²) >= 11 is 1.20.